The monoisotopic (exact) mass is 423 g/mol. The quantitative estimate of drug-likeness (QED) is 0.736. The average molecular weight is 424 g/mol. The van der Waals surface area contributed by atoms with E-state index in [0.717, 1.165) is 5.56 Å². The average Bonchev–Trinajstić information content (AvgIpc) is 2.67. The van der Waals surface area contributed by atoms with E-state index in [9.17, 15) is 14.4 Å². The van der Waals surface area contributed by atoms with Crippen LogP contribution >= 0.6 is 11.6 Å². The summed E-state index contributed by atoms with van der Waals surface area (Å²) in [6.45, 7) is 4.04. The standard InChI is InChI=1S/C24H22ClNO4/c1-24(2)12-19-22(20(27)13-24)17(16-5-3-4-6-18(16)25)11-21(28)26(19)15-9-7-14(8-10-15)23(29)30/h3-10,17H,11-13H2,1-2H3,(H,29,30). The predicted octanol–water partition coefficient (Wildman–Crippen LogP) is 5.20. The Morgan fingerprint density at radius 1 is 1.07 bits per heavy atom. The molecule has 4 rings (SSSR count). The van der Waals surface area contributed by atoms with Gasteiger partial charge in [-0.25, -0.2) is 4.79 Å². The summed E-state index contributed by atoms with van der Waals surface area (Å²) in [4.78, 5) is 39.3. The Balaban J connectivity index is 1.88. The zero-order chi connectivity index (χ0) is 21.6. The molecule has 0 saturated heterocycles. The van der Waals surface area contributed by atoms with Gasteiger partial charge in [-0.2, -0.15) is 0 Å². The van der Waals surface area contributed by atoms with Crippen molar-refractivity contribution in [1.82, 2.24) is 0 Å². The number of nitrogens with zero attached hydrogens (tertiary/aromatic N) is 1. The molecule has 2 aliphatic rings. The number of hydrogen-bond donors (Lipinski definition) is 1. The highest BCUT2D eigenvalue weighted by Gasteiger charge is 2.44. The van der Waals surface area contributed by atoms with E-state index < -0.39 is 5.97 Å². The molecule has 154 valence electrons. The van der Waals surface area contributed by atoms with Crippen LogP contribution in [0, 0.1) is 5.41 Å². The number of rotatable bonds is 3. The maximum atomic E-state index is 13.3. The smallest absolute Gasteiger partial charge is 0.335 e. The van der Waals surface area contributed by atoms with Crippen molar-refractivity contribution in [2.45, 2.75) is 39.0 Å². The van der Waals surface area contributed by atoms with E-state index in [1.54, 1.807) is 23.1 Å². The highest BCUT2D eigenvalue weighted by atomic mass is 35.5. The molecule has 6 heteroatoms. The Labute approximate surface area is 180 Å². The van der Waals surface area contributed by atoms with Gasteiger partial charge in [-0.05, 0) is 47.7 Å². The first-order valence-electron chi connectivity index (χ1n) is 9.85. The van der Waals surface area contributed by atoms with Crippen molar-refractivity contribution in [3.05, 3.63) is 76.0 Å². The minimum atomic E-state index is -1.03. The van der Waals surface area contributed by atoms with E-state index in [4.69, 9.17) is 16.7 Å². The van der Waals surface area contributed by atoms with Crippen molar-refractivity contribution >= 4 is 34.9 Å². The molecule has 0 aromatic heterocycles. The molecule has 0 saturated carbocycles. The van der Waals surface area contributed by atoms with Gasteiger partial charge in [-0.1, -0.05) is 43.6 Å². The molecule has 1 atom stereocenters. The zero-order valence-corrected chi connectivity index (χ0v) is 17.6. The summed E-state index contributed by atoms with van der Waals surface area (Å²) in [6.07, 6.45) is 1.11. The number of amides is 1. The lowest BCUT2D eigenvalue weighted by Gasteiger charge is -2.43. The van der Waals surface area contributed by atoms with Gasteiger partial charge in [0.25, 0.3) is 0 Å². The van der Waals surface area contributed by atoms with Gasteiger partial charge in [0.05, 0.1) is 5.56 Å². The summed E-state index contributed by atoms with van der Waals surface area (Å²) in [5.41, 5.74) is 2.56. The molecule has 0 radical (unpaired) electrons. The fourth-order valence-electron chi connectivity index (χ4n) is 4.49. The molecule has 1 amide bonds. The van der Waals surface area contributed by atoms with Crippen molar-refractivity contribution in [2.24, 2.45) is 5.41 Å². The molecule has 1 aliphatic heterocycles. The third kappa shape index (κ3) is 3.54. The van der Waals surface area contributed by atoms with Gasteiger partial charge < -0.3 is 5.11 Å². The number of benzene rings is 2. The van der Waals surface area contributed by atoms with Crippen LogP contribution in [0.2, 0.25) is 5.02 Å². The lowest BCUT2D eigenvalue weighted by Crippen LogP contribution is -2.43. The molecule has 2 aromatic carbocycles. The van der Waals surface area contributed by atoms with E-state index >= 15 is 0 Å². The second-order valence-corrected chi connectivity index (χ2v) is 9.07. The molecule has 1 aliphatic carbocycles. The van der Waals surface area contributed by atoms with Crippen LogP contribution in [0.25, 0.3) is 0 Å². The molecule has 2 aromatic rings. The van der Waals surface area contributed by atoms with Gasteiger partial charge in [0.15, 0.2) is 5.78 Å². The van der Waals surface area contributed by atoms with Crippen LogP contribution in [0.5, 0.6) is 0 Å². The largest absolute Gasteiger partial charge is 0.478 e. The second kappa shape index (κ2) is 7.40. The lowest BCUT2D eigenvalue weighted by molar-refractivity contribution is -0.121. The fraction of sp³-hybridized carbons (Fsp3) is 0.292. The molecule has 0 spiro atoms. The van der Waals surface area contributed by atoms with Crippen molar-refractivity contribution < 1.29 is 19.5 Å². The molecule has 5 nitrogen and oxygen atoms in total. The fourth-order valence-corrected chi connectivity index (χ4v) is 4.76. The number of ketones is 1. The Morgan fingerprint density at radius 2 is 1.73 bits per heavy atom. The van der Waals surface area contributed by atoms with Crippen molar-refractivity contribution in [3.8, 4) is 0 Å². The number of Topliss-reactive ketones (excluding diaryl/α,β-unsaturated/α-hetero) is 1. The summed E-state index contributed by atoms with van der Waals surface area (Å²) in [5.74, 6) is -1.50. The molecule has 1 unspecified atom stereocenters. The van der Waals surface area contributed by atoms with Gasteiger partial charge in [-0.3, -0.25) is 14.5 Å². The lowest BCUT2D eigenvalue weighted by atomic mass is 9.69. The number of carboxylic acids is 1. The van der Waals surface area contributed by atoms with Gasteiger partial charge in [0, 0.05) is 40.7 Å². The Morgan fingerprint density at radius 3 is 2.37 bits per heavy atom. The van der Waals surface area contributed by atoms with Crippen LogP contribution in [0.4, 0.5) is 5.69 Å². The van der Waals surface area contributed by atoms with Crippen molar-refractivity contribution in [3.63, 3.8) is 0 Å². The number of aromatic carboxylic acids is 1. The third-order valence-corrected chi connectivity index (χ3v) is 6.14. The van der Waals surface area contributed by atoms with E-state index in [0.29, 0.717) is 34.8 Å². The number of carboxylic acid groups (broad SMARTS) is 1. The van der Waals surface area contributed by atoms with Crippen LogP contribution in [0.3, 0.4) is 0 Å². The summed E-state index contributed by atoms with van der Waals surface area (Å²) in [5, 5.41) is 9.71. The van der Waals surface area contributed by atoms with Crippen LogP contribution in [-0.4, -0.2) is 22.8 Å². The van der Waals surface area contributed by atoms with Crippen molar-refractivity contribution in [2.75, 3.05) is 4.90 Å². The van der Waals surface area contributed by atoms with Crippen LogP contribution in [-0.2, 0) is 9.59 Å². The SMILES string of the molecule is CC1(C)CC(=O)C2=C(C1)N(c1ccc(C(=O)O)cc1)C(=O)CC2c1ccccc1Cl. The number of anilines is 1. The minimum Gasteiger partial charge on any atom is -0.478 e. The summed E-state index contributed by atoms with van der Waals surface area (Å²) in [7, 11) is 0. The maximum absolute atomic E-state index is 13.3. The molecular formula is C24H22ClNO4. The number of allylic oxidation sites excluding steroid dienone is 2. The summed E-state index contributed by atoms with van der Waals surface area (Å²) < 4.78 is 0. The molecule has 1 N–H and O–H groups in total. The maximum Gasteiger partial charge on any atom is 0.335 e. The van der Waals surface area contributed by atoms with Gasteiger partial charge in [0.1, 0.15) is 0 Å². The van der Waals surface area contributed by atoms with E-state index in [-0.39, 0.29) is 35.0 Å². The number of carbonyl (C=O) groups excluding carboxylic acids is 2. The minimum absolute atomic E-state index is 0.0332. The van der Waals surface area contributed by atoms with Crippen LogP contribution < -0.4 is 4.90 Å². The Bertz CT molecular complexity index is 1080. The van der Waals surface area contributed by atoms with Crippen LogP contribution in [0.1, 0.15) is 54.9 Å². The van der Waals surface area contributed by atoms with Crippen LogP contribution in [0.15, 0.2) is 59.8 Å². The molecule has 0 fully saturated rings. The second-order valence-electron chi connectivity index (χ2n) is 8.66. The van der Waals surface area contributed by atoms with E-state index in [1.807, 2.05) is 32.0 Å². The van der Waals surface area contributed by atoms with E-state index in [2.05, 4.69) is 0 Å². The highest BCUT2D eigenvalue weighted by molar-refractivity contribution is 6.31. The third-order valence-electron chi connectivity index (χ3n) is 5.80. The Hall–Kier alpha value is -2.92. The van der Waals surface area contributed by atoms with Gasteiger partial charge in [0.2, 0.25) is 5.91 Å². The molecule has 0 bridgehead atoms. The predicted molar refractivity (Wildman–Crippen MR) is 115 cm³/mol. The normalized spacial score (nSPS) is 20.9. The first-order valence-corrected chi connectivity index (χ1v) is 10.2. The molecule has 1 heterocycles. The molecule has 30 heavy (non-hydrogen) atoms. The van der Waals surface area contributed by atoms with Gasteiger partial charge >= 0.3 is 5.97 Å². The van der Waals surface area contributed by atoms with Gasteiger partial charge in [-0.15, -0.1) is 0 Å². The summed E-state index contributed by atoms with van der Waals surface area (Å²) in [6, 6.07) is 13.5. The highest BCUT2D eigenvalue weighted by Crippen LogP contribution is 2.49. The number of hydrogen-bond acceptors (Lipinski definition) is 3. The topological polar surface area (TPSA) is 74.7 Å². The van der Waals surface area contributed by atoms with E-state index in [1.165, 1.54) is 12.1 Å². The Kier molecular flexibility index (Phi) is 5.02. The van der Waals surface area contributed by atoms with Crippen molar-refractivity contribution in [1.29, 1.82) is 0 Å². The zero-order valence-electron chi connectivity index (χ0n) is 16.8. The number of carbonyl (C=O) groups is 3. The molecular weight excluding hydrogens is 402 g/mol. The number of halogens is 1. The first-order chi connectivity index (χ1) is 14.2. The first kappa shape index (κ1) is 20.4. The summed E-state index contributed by atoms with van der Waals surface area (Å²) >= 11 is 6.43.